The molecule has 0 unspecified atom stereocenters. The van der Waals surface area contributed by atoms with Gasteiger partial charge in [-0.1, -0.05) is 30.3 Å². The summed E-state index contributed by atoms with van der Waals surface area (Å²) in [5.41, 5.74) is 0.378. The largest absolute Gasteiger partial charge is 0.438 e. The monoisotopic (exact) mass is 249 g/mol. The van der Waals surface area contributed by atoms with E-state index in [9.17, 15) is 4.79 Å². The highest BCUT2D eigenvalue weighted by Crippen LogP contribution is 2.25. The fourth-order valence-corrected chi connectivity index (χ4v) is 1.93. The highest BCUT2D eigenvalue weighted by atomic mass is 16.6. The molecule has 98 valence electrons. The normalized spacial score (nSPS) is 16.4. The fourth-order valence-electron chi connectivity index (χ4n) is 1.93. The van der Waals surface area contributed by atoms with Crippen molar-refractivity contribution in [2.24, 2.45) is 0 Å². The average Bonchev–Trinajstić information content (AvgIpc) is 2.40. The molecule has 1 aliphatic rings. The molecular weight excluding hydrogens is 230 g/mol. The minimum absolute atomic E-state index is 0.271. The van der Waals surface area contributed by atoms with E-state index in [-0.39, 0.29) is 6.09 Å². The van der Waals surface area contributed by atoms with Crippen molar-refractivity contribution in [3.63, 3.8) is 0 Å². The van der Waals surface area contributed by atoms with Gasteiger partial charge in [0.2, 0.25) is 0 Å². The maximum Gasteiger partial charge on any atom is 0.410 e. The summed E-state index contributed by atoms with van der Waals surface area (Å²) in [6.45, 7) is 6.18. The molecule has 0 spiro atoms. The number of morpholine rings is 1. The third-order valence-electron chi connectivity index (χ3n) is 3.08. The second kappa shape index (κ2) is 5.40. The molecule has 0 radical (unpaired) electrons. The lowest BCUT2D eigenvalue weighted by molar-refractivity contribution is -0.0157. The van der Waals surface area contributed by atoms with Crippen molar-refractivity contribution in [1.82, 2.24) is 4.90 Å². The van der Waals surface area contributed by atoms with Gasteiger partial charge in [0, 0.05) is 13.1 Å². The summed E-state index contributed by atoms with van der Waals surface area (Å²) in [4.78, 5) is 13.7. The van der Waals surface area contributed by atoms with E-state index in [1.165, 1.54) is 0 Å². The van der Waals surface area contributed by atoms with Gasteiger partial charge in [0.15, 0.2) is 0 Å². The van der Waals surface area contributed by atoms with Crippen LogP contribution in [-0.4, -0.2) is 37.3 Å². The second-order valence-corrected chi connectivity index (χ2v) is 4.84. The summed E-state index contributed by atoms with van der Waals surface area (Å²) < 4.78 is 10.8. The van der Waals surface area contributed by atoms with Crippen molar-refractivity contribution < 1.29 is 14.3 Å². The number of hydrogen-bond acceptors (Lipinski definition) is 3. The Morgan fingerprint density at radius 2 is 1.83 bits per heavy atom. The maximum atomic E-state index is 12.0. The van der Waals surface area contributed by atoms with Gasteiger partial charge < -0.3 is 14.4 Å². The van der Waals surface area contributed by atoms with Gasteiger partial charge in [-0.05, 0) is 19.4 Å². The molecule has 1 amide bonds. The molecule has 0 aliphatic carbocycles. The van der Waals surface area contributed by atoms with E-state index in [0.29, 0.717) is 26.3 Å². The van der Waals surface area contributed by atoms with E-state index in [2.05, 4.69) is 0 Å². The zero-order valence-corrected chi connectivity index (χ0v) is 10.9. The van der Waals surface area contributed by atoms with E-state index in [0.717, 1.165) is 5.56 Å². The Bertz CT molecular complexity index is 397. The average molecular weight is 249 g/mol. The number of carbonyl (C=O) groups is 1. The van der Waals surface area contributed by atoms with Crippen LogP contribution in [0.1, 0.15) is 19.4 Å². The predicted molar refractivity (Wildman–Crippen MR) is 68.3 cm³/mol. The summed E-state index contributed by atoms with van der Waals surface area (Å²) in [5, 5.41) is 0. The molecule has 4 heteroatoms. The Hall–Kier alpha value is -1.55. The topological polar surface area (TPSA) is 38.8 Å². The van der Waals surface area contributed by atoms with Gasteiger partial charge in [-0.3, -0.25) is 0 Å². The first-order chi connectivity index (χ1) is 8.59. The lowest BCUT2D eigenvalue weighted by atomic mass is 9.98. The van der Waals surface area contributed by atoms with Gasteiger partial charge in [-0.25, -0.2) is 4.79 Å². The van der Waals surface area contributed by atoms with Crippen molar-refractivity contribution in [2.75, 3.05) is 26.3 Å². The molecule has 0 aromatic heterocycles. The first-order valence-corrected chi connectivity index (χ1v) is 6.21. The first kappa shape index (κ1) is 12.9. The zero-order chi connectivity index (χ0) is 13.0. The Morgan fingerprint density at radius 3 is 2.44 bits per heavy atom. The molecule has 4 nitrogen and oxygen atoms in total. The van der Waals surface area contributed by atoms with Gasteiger partial charge in [-0.2, -0.15) is 0 Å². The molecule has 0 N–H and O–H groups in total. The van der Waals surface area contributed by atoms with Crippen LogP contribution in [0.3, 0.4) is 0 Å². The Morgan fingerprint density at radius 1 is 1.22 bits per heavy atom. The van der Waals surface area contributed by atoms with Crippen LogP contribution < -0.4 is 0 Å². The van der Waals surface area contributed by atoms with Crippen LogP contribution >= 0.6 is 0 Å². The summed E-state index contributed by atoms with van der Waals surface area (Å²) in [6.07, 6.45) is -0.271. The Kier molecular flexibility index (Phi) is 3.87. The van der Waals surface area contributed by atoms with Crippen LogP contribution in [0.15, 0.2) is 30.3 Å². The smallest absolute Gasteiger partial charge is 0.410 e. The van der Waals surface area contributed by atoms with Crippen LogP contribution in [0.2, 0.25) is 0 Å². The van der Waals surface area contributed by atoms with E-state index in [4.69, 9.17) is 9.47 Å². The van der Waals surface area contributed by atoms with E-state index < -0.39 is 5.60 Å². The molecule has 1 saturated heterocycles. The molecule has 0 saturated carbocycles. The standard InChI is InChI=1S/C14H19NO3/c1-14(2,12-6-4-3-5-7-12)18-13(16)15-8-10-17-11-9-15/h3-7H,8-11H2,1-2H3. The lowest BCUT2D eigenvalue weighted by Gasteiger charge is -2.32. The third kappa shape index (κ3) is 3.01. The summed E-state index contributed by atoms with van der Waals surface area (Å²) in [5.74, 6) is 0. The summed E-state index contributed by atoms with van der Waals surface area (Å²) in [7, 11) is 0. The van der Waals surface area contributed by atoms with Gasteiger partial charge in [-0.15, -0.1) is 0 Å². The number of amides is 1. The molecule has 1 fully saturated rings. The minimum atomic E-state index is -0.614. The van der Waals surface area contributed by atoms with Gasteiger partial charge >= 0.3 is 6.09 Å². The second-order valence-electron chi connectivity index (χ2n) is 4.84. The number of rotatable bonds is 2. The van der Waals surface area contributed by atoms with Crippen LogP contribution in [0.5, 0.6) is 0 Å². The molecule has 1 aliphatic heterocycles. The molecule has 1 heterocycles. The Labute approximate surface area is 107 Å². The molecule has 0 atom stereocenters. The van der Waals surface area contributed by atoms with Crippen LogP contribution in [-0.2, 0) is 15.1 Å². The molecule has 2 rings (SSSR count). The molecule has 0 bridgehead atoms. The highest BCUT2D eigenvalue weighted by Gasteiger charge is 2.28. The van der Waals surface area contributed by atoms with Gasteiger partial charge in [0.05, 0.1) is 13.2 Å². The number of carbonyl (C=O) groups excluding carboxylic acids is 1. The van der Waals surface area contributed by atoms with Gasteiger partial charge in [0.25, 0.3) is 0 Å². The number of benzene rings is 1. The van der Waals surface area contributed by atoms with Crippen molar-refractivity contribution in [2.45, 2.75) is 19.4 Å². The highest BCUT2D eigenvalue weighted by molar-refractivity contribution is 5.68. The van der Waals surface area contributed by atoms with E-state index in [1.807, 2.05) is 44.2 Å². The number of nitrogens with zero attached hydrogens (tertiary/aromatic N) is 1. The van der Waals surface area contributed by atoms with Gasteiger partial charge in [0.1, 0.15) is 5.60 Å². The van der Waals surface area contributed by atoms with Crippen LogP contribution in [0.4, 0.5) is 4.79 Å². The molecule has 18 heavy (non-hydrogen) atoms. The van der Waals surface area contributed by atoms with E-state index >= 15 is 0 Å². The van der Waals surface area contributed by atoms with Crippen LogP contribution in [0.25, 0.3) is 0 Å². The quantitative estimate of drug-likeness (QED) is 0.807. The summed E-state index contributed by atoms with van der Waals surface area (Å²) >= 11 is 0. The number of ether oxygens (including phenoxy) is 2. The molecule has 1 aromatic carbocycles. The van der Waals surface area contributed by atoms with E-state index in [1.54, 1.807) is 4.90 Å². The third-order valence-corrected chi connectivity index (χ3v) is 3.08. The predicted octanol–water partition coefficient (Wildman–Crippen LogP) is 2.39. The zero-order valence-electron chi connectivity index (χ0n) is 10.9. The summed E-state index contributed by atoms with van der Waals surface area (Å²) in [6, 6.07) is 9.77. The SMILES string of the molecule is CC(C)(OC(=O)N1CCOCC1)c1ccccc1. The first-order valence-electron chi connectivity index (χ1n) is 6.21. The minimum Gasteiger partial charge on any atom is -0.438 e. The van der Waals surface area contributed by atoms with Crippen molar-refractivity contribution in [3.05, 3.63) is 35.9 Å². The van der Waals surface area contributed by atoms with Crippen molar-refractivity contribution in [3.8, 4) is 0 Å². The van der Waals surface area contributed by atoms with Crippen LogP contribution in [0, 0.1) is 0 Å². The molecular formula is C14H19NO3. The Balaban J connectivity index is 2.01. The fraction of sp³-hybridized carbons (Fsp3) is 0.500. The van der Waals surface area contributed by atoms with Crippen molar-refractivity contribution in [1.29, 1.82) is 0 Å². The lowest BCUT2D eigenvalue weighted by Crippen LogP contribution is -2.43. The molecule has 1 aromatic rings. The van der Waals surface area contributed by atoms with Crippen molar-refractivity contribution >= 4 is 6.09 Å². The number of hydrogen-bond donors (Lipinski definition) is 0. The maximum absolute atomic E-state index is 12.0.